The fraction of sp³-hybridized carbons (Fsp3) is 0.286. The molecule has 23 heavy (non-hydrogen) atoms. The highest BCUT2D eigenvalue weighted by molar-refractivity contribution is 6.10. The minimum atomic E-state index is 0.105. The van der Waals surface area contributed by atoms with Crippen molar-refractivity contribution in [1.29, 1.82) is 0 Å². The Kier molecular flexibility index (Phi) is 4.92. The number of benzene rings is 2. The van der Waals surface area contributed by atoms with Crippen LogP contribution in [0.2, 0.25) is 0 Å². The van der Waals surface area contributed by atoms with Crippen LogP contribution >= 0.6 is 0 Å². The van der Waals surface area contributed by atoms with E-state index in [4.69, 9.17) is 0 Å². The van der Waals surface area contributed by atoms with Gasteiger partial charge in [0.2, 0.25) is 0 Å². The van der Waals surface area contributed by atoms with Gasteiger partial charge in [-0.1, -0.05) is 74.7 Å². The minimum Gasteiger partial charge on any atom is -0.308 e. The maximum Gasteiger partial charge on any atom is 0.258 e. The van der Waals surface area contributed by atoms with Crippen molar-refractivity contribution < 1.29 is 4.79 Å². The number of fused-ring (bicyclic) bond motifs is 2. The molecule has 0 N–H and O–H groups in total. The van der Waals surface area contributed by atoms with Crippen LogP contribution in [0, 0.1) is 0 Å². The topological polar surface area (TPSA) is 20.3 Å². The van der Waals surface area contributed by atoms with Gasteiger partial charge < -0.3 is 4.90 Å². The first kappa shape index (κ1) is 15.5. The largest absolute Gasteiger partial charge is 0.308 e. The van der Waals surface area contributed by atoms with Gasteiger partial charge in [-0.3, -0.25) is 4.79 Å². The Labute approximate surface area is 138 Å². The van der Waals surface area contributed by atoms with Crippen LogP contribution in [-0.2, 0) is 0 Å². The van der Waals surface area contributed by atoms with Gasteiger partial charge in [-0.2, -0.15) is 0 Å². The first-order valence-corrected chi connectivity index (χ1v) is 8.49. The second-order valence-corrected chi connectivity index (χ2v) is 6.00. The number of anilines is 1. The van der Waals surface area contributed by atoms with Crippen molar-refractivity contribution in [2.45, 2.75) is 32.6 Å². The number of para-hydroxylation sites is 1. The Morgan fingerprint density at radius 1 is 0.826 bits per heavy atom. The second-order valence-electron chi connectivity index (χ2n) is 6.00. The molecular weight excluding hydrogens is 282 g/mol. The number of rotatable bonds is 5. The smallest absolute Gasteiger partial charge is 0.258 e. The van der Waals surface area contributed by atoms with E-state index in [0.29, 0.717) is 0 Å². The molecule has 3 rings (SSSR count). The summed E-state index contributed by atoms with van der Waals surface area (Å²) in [5.74, 6) is 0.105. The molecule has 0 atom stereocenters. The molecule has 0 fully saturated rings. The molecule has 1 amide bonds. The number of hydrogen-bond donors (Lipinski definition) is 0. The van der Waals surface area contributed by atoms with Crippen molar-refractivity contribution >= 4 is 23.7 Å². The third-order valence-electron chi connectivity index (χ3n) is 4.34. The monoisotopic (exact) mass is 305 g/mol. The Bertz CT molecular complexity index is 717. The number of amides is 1. The Hall–Kier alpha value is -2.35. The van der Waals surface area contributed by atoms with Crippen molar-refractivity contribution in [2.75, 3.05) is 11.4 Å². The summed E-state index contributed by atoms with van der Waals surface area (Å²) in [5.41, 5.74) is 3.89. The van der Waals surface area contributed by atoms with E-state index in [9.17, 15) is 4.79 Å². The Morgan fingerprint density at radius 3 is 2.35 bits per heavy atom. The van der Waals surface area contributed by atoms with Gasteiger partial charge in [0, 0.05) is 12.1 Å². The van der Waals surface area contributed by atoms with E-state index in [1.165, 1.54) is 19.3 Å². The lowest BCUT2D eigenvalue weighted by Crippen LogP contribution is -2.33. The molecule has 0 unspecified atom stereocenters. The number of unbranched alkanes of at least 4 members (excludes halogenated alkanes) is 3. The highest BCUT2D eigenvalue weighted by atomic mass is 16.2. The highest BCUT2D eigenvalue weighted by Crippen LogP contribution is 2.28. The van der Waals surface area contributed by atoms with Gasteiger partial charge in [0.1, 0.15) is 0 Å². The number of hydrogen-bond acceptors (Lipinski definition) is 1. The quantitative estimate of drug-likeness (QED) is 0.677. The average Bonchev–Trinajstić information content (AvgIpc) is 2.59. The summed E-state index contributed by atoms with van der Waals surface area (Å²) in [4.78, 5) is 15.1. The first-order chi connectivity index (χ1) is 11.3. The molecule has 2 aromatic carbocycles. The van der Waals surface area contributed by atoms with Gasteiger partial charge in [-0.15, -0.1) is 0 Å². The van der Waals surface area contributed by atoms with Crippen molar-refractivity contribution in [3.8, 4) is 0 Å². The summed E-state index contributed by atoms with van der Waals surface area (Å²) in [7, 11) is 0. The lowest BCUT2D eigenvalue weighted by Gasteiger charge is -2.27. The van der Waals surface area contributed by atoms with Crippen molar-refractivity contribution in [2.24, 2.45) is 0 Å². The number of carbonyl (C=O) groups is 1. The molecule has 1 aliphatic heterocycles. The summed E-state index contributed by atoms with van der Waals surface area (Å²) in [6, 6.07) is 16.0. The van der Waals surface area contributed by atoms with Crippen molar-refractivity contribution in [3.63, 3.8) is 0 Å². The summed E-state index contributed by atoms with van der Waals surface area (Å²) in [6.07, 6.45) is 8.79. The van der Waals surface area contributed by atoms with Crippen molar-refractivity contribution in [3.05, 3.63) is 65.2 Å². The van der Waals surface area contributed by atoms with Gasteiger partial charge in [0.15, 0.2) is 0 Å². The fourth-order valence-electron chi connectivity index (χ4n) is 3.06. The molecule has 0 saturated heterocycles. The van der Waals surface area contributed by atoms with E-state index in [1.54, 1.807) is 0 Å². The number of nitrogens with zero attached hydrogens (tertiary/aromatic N) is 1. The predicted molar refractivity (Wildman–Crippen MR) is 97.6 cm³/mol. The Morgan fingerprint density at radius 2 is 1.52 bits per heavy atom. The normalized spacial score (nSPS) is 14.7. The van der Waals surface area contributed by atoms with Gasteiger partial charge in [0.05, 0.1) is 5.69 Å². The molecule has 118 valence electrons. The molecule has 0 radical (unpaired) electrons. The summed E-state index contributed by atoms with van der Waals surface area (Å²) < 4.78 is 0. The molecule has 2 heteroatoms. The maximum absolute atomic E-state index is 13.1. The Balaban J connectivity index is 1.99. The lowest BCUT2D eigenvalue weighted by atomic mass is 10.00. The molecule has 1 heterocycles. The zero-order valence-electron chi connectivity index (χ0n) is 13.7. The molecule has 0 aromatic heterocycles. The van der Waals surface area contributed by atoms with Gasteiger partial charge in [-0.05, 0) is 29.7 Å². The van der Waals surface area contributed by atoms with Crippen LogP contribution in [0.5, 0.6) is 0 Å². The third kappa shape index (κ3) is 3.37. The molecule has 0 aliphatic carbocycles. The van der Waals surface area contributed by atoms with Crippen LogP contribution in [-0.4, -0.2) is 12.5 Å². The standard InChI is InChI=1S/C21H23NO/c1-2-3-4-9-16-22-20-13-8-6-11-18(20)15-14-17-10-5-7-12-19(17)21(22)23/h5-8,10-15H,2-4,9,16H2,1H3/b15-14-. The van der Waals surface area contributed by atoms with Crippen molar-refractivity contribution in [1.82, 2.24) is 0 Å². The minimum absolute atomic E-state index is 0.105. The summed E-state index contributed by atoms with van der Waals surface area (Å²) in [6.45, 7) is 2.98. The molecule has 0 bridgehead atoms. The van der Waals surface area contributed by atoms with Gasteiger partial charge in [0.25, 0.3) is 5.91 Å². The number of carbonyl (C=O) groups excluding carboxylic acids is 1. The van der Waals surface area contributed by atoms with Crippen LogP contribution < -0.4 is 4.90 Å². The predicted octanol–water partition coefficient (Wildman–Crippen LogP) is 5.40. The van der Waals surface area contributed by atoms with Crippen LogP contribution in [0.3, 0.4) is 0 Å². The molecule has 2 nitrogen and oxygen atoms in total. The van der Waals surface area contributed by atoms with E-state index in [1.807, 2.05) is 53.4 Å². The average molecular weight is 305 g/mol. The fourth-order valence-corrected chi connectivity index (χ4v) is 3.06. The highest BCUT2D eigenvalue weighted by Gasteiger charge is 2.22. The molecular formula is C21H23NO. The SMILES string of the molecule is CCCCCCN1C(=O)c2ccccc2/C=C\c2ccccc21. The second kappa shape index (κ2) is 7.28. The van der Waals surface area contributed by atoms with Crippen LogP contribution in [0.25, 0.3) is 12.2 Å². The van der Waals surface area contributed by atoms with E-state index in [0.717, 1.165) is 35.3 Å². The van der Waals surface area contributed by atoms with Gasteiger partial charge >= 0.3 is 0 Å². The maximum atomic E-state index is 13.1. The summed E-state index contributed by atoms with van der Waals surface area (Å²) >= 11 is 0. The van der Waals surface area contributed by atoms with Crippen LogP contribution in [0.15, 0.2) is 48.5 Å². The zero-order chi connectivity index (χ0) is 16.1. The van der Waals surface area contributed by atoms with E-state index in [-0.39, 0.29) is 5.91 Å². The molecule has 0 spiro atoms. The molecule has 2 aromatic rings. The van der Waals surface area contributed by atoms with E-state index < -0.39 is 0 Å². The first-order valence-electron chi connectivity index (χ1n) is 8.49. The van der Waals surface area contributed by atoms with Crippen LogP contribution in [0.1, 0.15) is 54.1 Å². The molecule has 0 saturated carbocycles. The van der Waals surface area contributed by atoms with Gasteiger partial charge in [-0.25, -0.2) is 0 Å². The lowest BCUT2D eigenvalue weighted by molar-refractivity contribution is 0.0986. The van der Waals surface area contributed by atoms with Crippen LogP contribution in [0.4, 0.5) is 5.69 Å². The zero-order valence-corrected chi connectivity index (χ0v) is 13.7. The molecule has 1 aliphatic rings. The van der Waals surface area contributed by atoms with E-state index in [2.05, 4.69) is 19.1 Å². The third-order valence-corrected chi connectivity index (χ3v) is 4.34. The van der Waals surface area contributed by atoms with E-state index >= 15 is 0 Å². The summed E-state index contributed by atoms with van der Waals surface area (Å²) in [5, 5.41) is 0.